The van der Waals surface area contributed by atoms with Gasteiger partial charge in [0.25, 0.3) is 5.56 Å². The van der Waals surface area contributed by atoms with Gasteiger partial charge in [0, 0.05) is 16.4 Å². The molecule has 0 aliphatic heterocycles. The van der Waals surface area contributed by atoms with Crippen molar-refractivity contribution in [2.75, 3.05) is 6.61 Å². The second-order valence-corrected chi connectivity index (χ2v) is 6.54. The molecule has 0 spiro atoms. The summed E-state index contributed by atoms with van der Waals surface area (Å²) in [5, 5.41) is 0.734. The van der Waals surface area contributed by atoms with Crippen molar-refractivity contribution in [1.29, 1.82) is 0 Å². The van der Waals surface area contributed by atoms with Gasteiger partial charge in [-0.2, -0.15) is 0 Å². The van der Waals surface area contributed by atoms with E-state index < -0.39 is 5.97 Å². The molecule has 0 atom stereocenters. The molecule has 0 saturated heterocycles. The first kappa shape index (κ1) is 18.8. The molecular formula is C19H18ClN3O4. The number of Topliss-reactive ketones (excluding diaryl/α,β-unsaturated/α-hetero) is 1. The maximum absolute atomic E-state index is 12.9. The van der Waals surface area contributed by atoms with Crippen molar-refractivity contribution in [1.82, 2.24) is 14.5 Å². The number of halogens is 1. The molecule has 27 heavy (non-hydrogen) atoms. The van der Waals surface area contributed by atoms with Crippen LogP contribution in [0.4, 0.5) is 0 Å². The molecule has 1 N–H and O–H groups in total. The molecule has 0 aliphatic rings. The third-order valence-electron chi connectivity index (χ3n) is 4.23. The highest BCUT2D eigenvalue weighted by molar-refractivity contribution is 6.31. The van der Waals surface area contributed by atoms with E-state index in [1.54, 1.807) is 32.9 Å². The third kappa shape index (κ3) is 3.50. The summed E-state index contributed by atoms with van der Waals surface area (Å²) in [4.78, 5) is 45.0. The average molecular weight is 388 g/mol. The minimum absolute atomic E-state index is 0.198. The van der Waals surface area contributed by atoms with Crippen molar-refractivity contribution < 1.29 is 14.3 Å². The van der Waals surface area contributed by atoms with Gasteiger partial charge in [0.1, 0.15) is 0 Å². The summed E-state index contributed by atoms with van der Waals surface area (Å²) in [6, 6.07) is 4.80. The number of aromatic amines is 1. The lowest BCUT2D eigenvalue weighted by atomic mass is 10.0. The molecule has 0 saturated carbocycles. The van der Waals surface area contributed by atoms with Crippen molar-refractivity contribution in [2.45, 2.75) is 27.3 Å². The van der Waals surface area contributed by atoms with Crippen LogP contribution >= 0.6 is 11.6 Å². The monoisotopic (exact) mass is 387 g/mol. The van der Waals surface area contributed by atoms with Crippen LogP contribution in [0.2, 0.25) is 5.02 Å². The summed E-state index contributed by atoms with van der Waals surface area (Å²) < 4.78 is 6.26. The SMILES string of the molecule is CCOC(=O)c1c(C)[nH]c(C)c1C(=O)Cn1cnc2ccc(Cl)cc2c1=O. The predicted octanol–water partition coefficient (Wildman–Crippen LogP) is 3.05. The second-order valence-electron chi connectivity index (χ2n) is 6.11. The van der Waals surface area contributed by atoms with E-state index in [9.17, 15) is 14.4 Å². The largest absolute Gasteiger partial charge is 0.462 e. The number of carbonyl (C=O) groups is 2. The number of aryl methyl sites for hydroxylation is 2. The molecule has 0 radical (unpaired) electrons. The fourth-order valence-corrected chi connectivity index (χ4v) is 3.24. The van der Waals surface area contributed by atoms with Crippen LogP contribution < -0.4 is 5.56 Å². The molecule has 8 heteroatoms. The maximum atomic E-state index is 12.9. The normalized spacial score (nSPS) is 11.0. The van der Waals surface area contributed by atoms with Crippen molar-refractivity contribution in [2.24, 2.45) is 0 Å². The fraction of sp³-hybridized carbons (Fsp3) is 0.263. The minimum Gasteiger partial charge on any atom is -0.462 e. The Morgan fingerprint density at radius 2 is 1.93 bits per heavy atom. The van der Waals surface area contributed by atoms with Gasteiger partial charge in [0.15, 0.2) is 5.78 Å². The Balaban J connectivity index is 2.02. The number of H-pyrrole nitrogens is 1. The molecule has 7 nitrogen and oxygen atoms in total. The van der Waals surface area contributed by atoms with Crippen LogP contribution in [0.25, 0.3) is 10.9 Å². The van der Waals surface area contributed by atoms with Crippen LogP contribution in [0.3, 0.4) is 0 Å². The van der Waals surface area contributed by atoms with Gasteiger partial charge in [0.2, 0.25) is 0 Å². The Morgan fingerprint density at radius 1 is 1.22 bits per heavy atom. The molecule has 0 amide bonds. The standard InChI is InChI=1S/C19H18ClN3O4/c1-4-27-19(26)17-11(3)22-10(2)16(17)15(24)8-23-9-21-14-6-5-12(20)7-13(14)18(23)25/h5-7,9,22H,4,8H2,1-3H3. The van der Waals surface area contributed by atoms with Gasteiger partial charge in [-0.05, 0) is 39.0 Å². The van der Waals surface area contributed by atoms with Gasteiger partial charge < -0.3 is 9.72 Å². The number of ether oxygens (including phenoxy) is 1. The van der Waals surface area contributed by atoms with Crippen LogP contribution in [-0.4, -0.2) is 32.9 Å². The van der Waals surface area contributed by atoms with Crippen molar-refractivity contribution >= 4 is 34.3 Å². The number of fused-ring (bicyclic) bond motifs is 1. The Morgan fingerprint density at radius 3 is 2.63 bits per heavy atom. The number of ketones is 1. The summed E-state index contributed by atoms with van der Waals surface area (Å²) in [6.45, 7) is 5.04. The average Bonchev–Trinajstić information content (AvgIpc) is 2.92. The zero-order valence-corrected chi connectivity index (χ0v) is 15.9. The quantitative estimate of drug-likeness (QED) is 0.536. The van der Waals surface area contributed by atoms with E-state index in [1.807, 2.05) is 0 Å². The maximum Gasteiger partial charge on any atom is 0.340 e. The van der Waals surface area contributed by atoms with E-state index in [0.717, 1.165) is 0 Å². The molecule has 0 bridgehead atoms. The van der Waals surface area contributed by atoms with E-state index in [0.29, 0.717) is 27.3 Å². The molecule has 0 unspecified atom stereocenters. The molecular weight excluding hydrogens is 370 g/mol. The van der Waals surface area contributed by atoms with Gasteiger partial charge in [-0.3, -0.25) is 14.2 Å². The predicted molar refractivity (Wildman–Crippen MR) is 102 cm³/mol. The van der Waals surface area contributed by atoms with Gasteiger partial charge in [-0.1, -0.05) is 11.6 Å². The van der Waals surface area contributed by atoms with E-state index in [2.05, 4.69) is 9.97 Å². The van der Waals surface area contributed by atoms with Crippen LogP contribution in [0.5, 0.6) is 0 Å². The zero-order chi connectivity index (χ0) is 19.7. The minimum atomic E-state index is -0.571. The van der Waals surface area contributed by atoms with E-state index in [-0.39, 0.29) is 35.6 Å². The smallest absolute Gasteiger partial charge is 0.340 e. The van der Waals surface area contributed by atoms with Crippen LogP contribution in [-0.2, 0) is 11.3 Å². The highest BCUT2D eigenvalue weighted by Gasteiger charge is 2.25. The summed E-state index contributed by atoms with van der Waals surface area (Å²) in [7, 11) is 0. The molecule has 1 aromatic carbocycles. The first-order chi connectivity index (χ1) is 12.8. The lowest BCUT2D eigenvalue weighted by Gasteiger charge is -2.08. The molecule has 0 fully saturated rings. The van der Waals surface area contributed by atoms with Crippen LogP contribution in [0.1, 0.15) is 39.0 Å². The Labute approximate surface area is 159 Å². The first-order valence-electron chi connectivity index (χ1n) is 8.37. The van der Waals surface area contributed by atoms with Gasteiger partial charge >= 0.3 is 5.97 Å². The van der Waals surface area contributed by atoms with Crippen molar-refractivity contribution in [3.05, 3.63) is 62.4 Å². The lowest BCUT2D eigenvalue weighted by molar-refractivity contribution is 0.0522. The number of hydrogen-bond donors (Lipinski definition) is 1. The van der Waals surface area contributed by atoms with Crippen molar-refractivity contribution in [3.63, 3.8) is 0 Å². The molecule has 3 rings (SSSR count). The lowest BCUT2D eigenvalue weighted by Crippen LogP contribution is -2.25. The van der Waals surface area contributed by atoms with Gasteiger partial charge in [-0.25, -0.2) is 9.78 Å². The Kier molecular flexibility index (Phi) is 5.14. The number of aromatic nitrogens is 3. The van der Waals surface area contributed by atoms with Crippen molar-refractivity contribution in [3.8, 4) is 0 Å². The summed E-state index contributed by atoms with van der Waals surface area (Å²) in [5.41, 5.74) is 1.64. The van der Waals surface area contributed by atoms with Crippen LogP contribution in [0, 0.1) is 13.8 Å². The number of hydrogen-bond acceptors (Lipinski definition) is 5. The number of nitrogens with one attached hydrogen (secondary N) is 1. The highest BCUT2D eigenvalue weighted by Crippen LogP contribution is 2.21. The molecule has 0 aliphatic carbocycles. The van der Waals surface area contributed by atoms with Crippen LogP contribution in [0.15, 0.2) is 29.3 Å². The highest BCUT2D eigenvalue weighted by atomic mass is 35.5. The number of benzene rings is 1. The second kappa shape index (κ2) is 7.36. The van der Waals surface area contributed by atoms with E-state index in [4.69, 9.17) is 16.3 Å². The molecule has 2 aromatic heterocycles. The van der Waals surface area contributed by atoms with Gasteiger partial charge in [0.05, 0.1) is 41.5 Å². The number of carbonyl (C=O) groups excluding carboxylic acids is 2. The Hall–Kier alpha value is -2.93. The molecule has 140 valence electrons. The first-order valence-corrected chi connectivity index (χ1v) is 8.75. The number of esters is 1. The zero-order valence-electron chi connectivity index (χ0n) is 15.1. The number of rotatable bonds is 5. The topological polar surface area (TPSA) is 94.1 Å². The van der Waals surface area contributed by atoms with E-state index >= 15 is 0 Å². The van der Waals surface area contributed by atoms with E-state index in [1.165, 1.54) is 17.0 Å². The summed E-state index contributed by atoms with van der Waals surface area (Å²) in [5.74, 6) is -0.955. The van der Waals surface area contributed by atoms with Gasteiger partial charge in [-0.15, -0.1) is 0 Å². The Bertz CT molecular complexity index is 1110. The summed E-state index contributed by atoms with van der Waals surface area (Å²) in [6.07, 6.45) is 1.31. The molecule has 3 aromatic rings. The third-order valence-corrected chi connectivity index (χ3v) is 4.47. The summed E-state index contributed by atoms with van der Waals surface area (Å²) >= 11 is 5.96. The molecule has 2 heterocycles. The fourth-order valence-electron chi connectivity index (χ4n) is 3.07. The number of nitrogens with zero attached hydrogens (tertiary/aromatic N) is 2.